The molecule has 0 saturated carbocycles. The van der Waals surface area contributed by atoms with E-state index in [-0.39, 0.29) is 0 Å². The molecule has 2 aliphatic rings. The molecule has 0 bridgehead atoms. The Morgan fingerprint density at radius 3 is 2.82 bits per heavy atom. The Hall–Kier alpha value is -1.08. The molecule has 2 rings (SSSR count). The summed E-state index contributed by atoms with van der Waals surface area (Å²) in [6.07, 6.45) is 11.6. The molecule has 0 fully saturated rings. The van der Waals surface area contributed by atoms with Crippen molar-refractivity contribution < 1.29 is 5.11 Å². The smallest absolute Gasteiger partial charge is 0.106 e. The molecule has 0 aliphatic heterocycles. The molecule has 11 heavy (non-hydrogen) atoms. The van der Waals surface area contributed by atoms with E-state index in [0.29, 0.717) is 0 Å². The molecule has 1 atom stereocenters. The van der Waals surface area contributed by atoms with Gasteiger partial charge in [0, 0.05) is 0 Å². The van der Waals surface area contributed by atoms with E-state index >= 15 is 0 Å². The van der Waals surface area contributed by atoms with Crippen molar-refractivity contribution in [3.63, 3.8) is 0 Å². The van der Waals surface area contributed by atoms with Gasteiger partial charge in [0.1, 0.15) is 5.60 Å². The summed E-state index contributed by atoms with van der Waals surface area (Å²) in [6.45, 7) is 1.80. The van der Waals surface area contributed by atoms with Crippen LogP contribution in [0.2, 0.25) is 0 Å². The first kappa shape index (κ1) is 6.62. The first-order chi connectivity index (χ1) is 5.20. The Kier molecular flexibility index (Phi) is 1.18. The molecule has 0 saturated heterocycles. The molecule has 0 spiro atoms. The molecule has 0 radical (unpaired) electrons. The van der Waals surface area contributed by atoms with Gasteiger partial charge in [-0.3, -0.25) is 0 Å². The van der Waals surface area contributed by atoms with Crippen LogP contribution in [-0.4, -0.2) is 10.7 Å². The van der Waals surface area contributed by atoms with E-state index in [9.17, 15) is 5.11 Å². The highest BCUT2D eigenvalue weighted by molar-refractivity contribution is 5.57. The standard InChI is InChI=1S/C10H10O/c1-10(11)7-3-5-8-4-2-6-9(8)10/h2-7,11H,1H3. The minimum Gasteiger partial charge on any atom is -0.381 e. The highest BCUT2D eigenvalue weighted by atomic mass is 16.3. The van der Waals surface area contributed by atoms with Crippen molar-refractivity contribution in [3.8, 4) is 0 Å². The lowest BCUT2D eigenvalue weighted by Gasteiger charge is -2.24. The van der Waals surface area contributed by atoms with Gasteiger partial charge in [0.15, 0.2) is 0 Å². The van der Waals surface area contributed by atoms with Crippen LogP contribution in [0.25, 0.3) is 0 Å². The average Bonchev–Trinajstić information content (AvgIpc) is 2.34. The molecule has 0 heterocycles. The minimum atomic E-state index is -0.770. The van der Waals surface area contributed by atoms with Crippen molar-refractivity contribution >= 4 is 0 Å². The van der Waals surface area contributed by atoms with Crippen LogP contribution in [0.5, 0.6) is 0 Å². The van der Waals surface area contributed by atoms with E-state index in [0.717, 1.165) is 11.1 Å². The summed E-state index contributed by atoms with van der Waals surface area (Å²) in [7, 11) is 0. The maximum absolute atomic E-state index is 9.81. The number of hydrogen-bond acceptors (Lipinski definition) is 1. The molecule has 1 heteroatoms. The van der Waals surface area contributed by atoms with Crippen molar-refractivity contribution in [1.29, 1.82) is 0 Å². The molecular weight excluding hydrogens is 136 g/mol. The van der Waals surface area contributed by atoms with Crippen LogP contribution in [0.3, 0.4) is 0 Å². The Labute approximate surface area is 66.0 Å². The lowest BCUT2D eigenvalue weighted by Crippen LogP contribution is -2.25. The summed E-state index contributed by atoms with van der Waals surface area (Å²) in [5.41, 5.74) is 1.35. The van der Waals surface area contributed by atoms with Gasteiger partial charge < -0.3 is 5.11 Å². The fraction of sp³-hybridized carbons (Fsp3) is 0.200. The van der Waals surface area contributed by atoms with Crippen molar-refractivity contribution in [2.24, 2.45) is 0 Å². The van der Waals surface area contributed by atoms with Gasteiger partial charge in [0.05, 0.1) is 0 Å². The molecule has 56 valence electrons. The topological polar surface area (TPSA) is 20.2 Å². The SMILES string of the molecule is CC1(O)C=CC=C2C=CC=C21. The van der Waals surface area contributed by atoms with Crippen LogP contribution in [0.1, 0.15) is 6.92 Å². The summed E-state index contributed by atoms with van der Waals surface area (Å²) in [4.78, 5) is 0. The summed E-state index contributed by atoms with van der Waals surface area (Å²) in [6, 6.07) is 0. The monoisotopic (exact) mass is 146 g/mol. The largest absolute Gasteiger partial charge is 0.381 e. The number of allylic oxidation sites excluding steroid dienone is 5. The van der Waals surface area contributed by atoms with Crippen LogP contribution >= 0.6 is 0 Å². The molecule has 1 N–H and O–H groups in total. The van der Waals surface area contributed by atoms with Gasteiger partial charge >= 0.3 is 0 Å². The summed E-state index contributed by atoms with van der Waals surface area (Å²) >= 11 is 0. The van der Waals surface area contributed by atoms with Crippen LogP contribution < -0.4 is 0 Å². The van der Waals surface area contributed by atoms with Crippen LogP contribution in [0.4, 0.5) is 0 Å². The van der Waals surface area contributed by atoms with E-state index < -0.39 is 5.60 Å². The third kappa shape index (κ3) is 0.889. The predicted octanol–water partition coefficient (Wildman–Crippen LogP) is 1.73. The van der Waals surface area contributed by atoms with E-state index in [1.165, 1.54) is 0 Å². The molecule has 0 aromatic heterocycles. The number of rotatable bonds is 0. The molecule has 0 aromatic carbocycles. The number of aliphatic hydroxyl groups is 1. The van der Waals surface area contributed by atoms with Gasteiger partial charge in [-0.05, 0) is 24.1 Å². The van der Waals surface area contributed by atoms with Gasteiger partial charge in [0.2, 0.25) is 0 Å². The molecular formula is C10H10O. The Bertz CT molecular complexity index is 301. The van der Waals surface area contributed by atoms with Crippen molar-refractivity contribution in [2.45, 2.75) is 12.5 Å². The average molecular weight is 146 g/mol. The van der Waals surface area contributed by atoms with Crippen LogP contribution in [0, 0.1) is 0 Å². The third-order valence-corrected chi connectivity index (χ3v) is 2.09. The molecule has 0 aromatic rings. The van der Waals surface area contributed by atoms with Gasteiger partial charge in [-0.15, -0.1) is 0 Å². The highest BCUT2D eigenvalue weighted by Gasteiger charge is 2.27. The van der Waals surface area contributed by atoms with Gasteiger partial charge in [-0.2, -0.15) is 0 Å². The zero-order valence-corrected chi connectivity index (χ0v) is 6.41. The van der Waals surface area contributed by atoms with E-state index in [4.69, 9.17) is 0 Å². The molecule has 0 amide bonds. The quantitative estimate of drug-likeness (QED) is 0.551. The fourth-order valence-corrected chi connectivity index (χ4v) is 1.47. The number of hydrogen-bond donors (Lipinski definition) is 1. The third-order valence-electron chi connectivity index (χ3n) is 2.09. The van der Waals surface area contributed by atoms with Crippen molar-refractivity contribution in [2.75, 3.05) is 0 Å². The van der Waals surface area contributed by atoms with E-state index in [1.54, 1.807) is 13.0 Å². The summed E-state index contributed by atoms with van der Waals surface area (Å²) in [5.74, 6) is 0. The Balaban J connectivity index is 2.51. The zero-order chi connectivity index (χ0) is 7.90. The number of fused-ring (bicyclic) bond motifs is 1. The first-order valence-electron chi connectivity index (χ1n) is 3.71. The lowest BCUT2D eigenvalue weighted by molar-refractivity contribution is 0.153. The van der Waals surface area contributed by atoms with Gasteiger partial charge in [-0.1, -0.05) is 30.4 Å². The predicted molar refractivity (Wildman–Crippen MR) is 45.1 cm³/mol. The maximum Gasteiger partial charge on any atom is 0.106 e. The van der Waals surface area contributed by atoms with Crippen LogP contribution in [-0.2, 0) is 0 Å². The molecule has 2 aliphatic carbocycles. The second-order valence-electron chi connectivity index (χ2n) is 3.07. The van der Waals surface area contributed by atoms with Crippen molar-refractivity contribution in [3.05, 3.63) is 47.6 Å². The Morgan fingerprint density at radius 2 is 2.09 bits per heavy atom. The second-order valence-corrected chi connectivity index (χ2v) is 3.07. The zero-order valence-electron chi connectivity index (χ0n) is 6.41. The fourth-order valence-electron chi connectivity index (χ4n) is 1.47. The lowest BCUT2D eigenvalue weighted by atomic mass is 9.88. The first-order valence-corrected chi connectivity index (χ1v) is 3.71. The second kappa shape index (κ2) is 1.95. The summed E-state index contributed by atoms with van der Waals surface area (Å²) in [5, 5.41) is 9.81. The van der Waals surface area contributed by atoms with Gasteiger partial charge in [-0.25, -0.2) is 0 Å². The van der Waals surface area contributed by atoms with Gasteiger partial charge in [0.25, 0.3) is 0 Å². The molecule has 1 unspecified atom stereocenters. The van der Waals surface area contributed by atoms with E-state index in [1.807, 2.05) is 30.4 Å². The Morgan fingerprint density at radius 1 is 1.27 bits per heavy atom. The molecule has 1 nitrogen and oxygen atoms in total. The normalized spacial score (nSPS) is 33.3. The maximum atomic E-state index is 9.81. The van der Waals surface area contributed by atoms with Crippen molar-refractivity contribution in [1.82, 2.24) is 0 Å². The minimum absolute atomic E-state index is 0.770. The van der Waals surface area contributed by atoms with Crippen LogP contribution in [0.15, 0.2) is 47.6 Å². The highest BCUT2D eigenvalue weighted by Crippen LogP contribution is 2.32. The summed E-state index contributed by atoms with van der Waals surface area (Å²) < 4.78 is 0. The van der Waals surface area contributed by atoms with E-state index in [2.05, 4.69) is 0 Å².